The van der Waals surface area contributed by atoms with Gasteiger partial charge >= 0.3 is 78.7 Å². The van der Waals surface area contributed by atoms with Crippen molar-refractivity contribution in [3.8, 4) is 22.3 Å². The van der Waals surface area contributed by atoms with Gasteiger partial charge in [0, 0.05) is 0 Å². The molecule has 4 nitrogen and oxygen atoms in total. The molecule has 0 aliphatic rings. The average Bonchev–Trinajstić information content (AvgIpc) is 3.55. The molecule has 0 heterocycles. The van der Waals surface area contributed by atoms with Crippen LogP contribution in [0, 0.1) is 13.8 Å². The molecule has 0 aliphatic heterocycles. The summed E-state index contributed by atoms with van der Waals surface area (Å²) in [4.78, 5) is 18.9. The summed E-state index contributed by atoms with van der Waals surface area (Å²) in [5.41, 5.74) is 7.89. The van der Waals surface area contributed by atoms with E-state index < -0.39 is 23.5 Å². The maximum absolute atomic E-state index is 9.46. The monoisotopic (exact) mass is 703 g/mol. The number of carbonyl (C=O) groups is 2. The molecule has 0 fully saturated rings. The summed E-state index contributed by atoms with van der Waals surface area (Å²) >= 11 is -1.20. The van der Waals surface area contributed by atoms with Gasteiger partial charge in [-0.25, -0.2) is 0 Å². The SMILES string of the molecule is Cc1cc2c(-c3ccccc3)cccc2[cH-]1.Cc1cc2c(-c3ccccc3)cccc2[cH-]1.O=C[NH][In][NH]C=O.[Zr+2]. The van der Waals surface area contributed by atoms with Crippen LogP contribution in [0.5, 0.6) is 0 Å². The van der Waals surface area contributed by atoms with Crippen LogP contribution in [0.25, 0.3) is 43.8 Å². The number of hydrogen-bond donors (Lipinski definition) is 2. The normalized spacial score (nSPS) is 9.75. The van der Waals surface area contributed by atoms with Crippen molar-refractivity contribution >= 4 is 57.8 Å². The van der Waals surface area contributed by atoms with E-state index in [1.165, 1.54) is 54.9 Å². The molecule has 195 valence electrons. The van der Waals surface area contributed by atoms with Crippen LogP contribution in [0.4, 0.5) is 0 Å². The van der Waals surface area contributed by atoms with Crippen molar-refractivity contribution in [3.63, 3.8) is 0 Å². The summed E-state index contributed by atoms with van der Waals surface area (Å²) < 4.78 is 4.83. The fraction of sp³-hybridized carbons (Fsp3) is 0.0588. The first-order valence-corrected chi connectivity index (χ1v) is 16.0. The van der Waals surface area contributed by atoms with E-state index in [2.05, 4.69) is 142 Å². The largest absolute Gasteiger partial charge is 2.00 e. The molecule has 2 N–H and O–H groups in total. The number of carbonyl (C=O) groups excluding carboxylic acids is 2. The number of fused-ring (bicyclic) bond motifs is 2. The molecule has 0 atom stereocenters. The summed E-state index contributed by atoms with van der Waals surface area (Å²) in [6.45, 7) is 4.30. The first-order valence-electron chi connectivity index (χ1n) is 12.7. The molecule has 40 heavy (non-hydrogen) atoms. The van der Waals surface area contributed by atoms with Gasteiger partial charge in [0.05, 0.1) is 0 Å². The molecule has 0 spiro atoms. The number of aryl methyl sites for hydroxylation is 2. The number of hydrogen-bond acceptors (Lipinski definition) is 2. The number of rotatable bonds is 6. The molecule has 6 heteroatoms. The van der Waals surface area contributed by atoms with Gasteiger partial charge in [0.15, 0.2) is 0 Å². The summed E-state index contributed by atoms with van der Waals surface area (Å²) in [6, 6.07) is 43.1. The Labute approximate surface area is 266 Å². The van der Waals surface area contributed by atoms with Gasteiger partial charge in [-0.15, -0.1) is 69.1 Å². The number of benzene rings is 4. The summed E-state index contributed by atoms with van der Waals surface area (Å²) in [7, 11) is 0. The topological polar surface area (TPSA) is 58.2 Å². The Morgan fingerprint density at radius 1 is 0.575 bits per heavy atom. The Morgan fingerprint density at radius 2 is 0.975 bits per heavy atom. The Kier molecular flexibility index (Phi) is 12.6. The second-order valence-electron chi connectivity index (χ2n) is 9.13. The molecular weight excluding hydrogens is 674 g/mol. The van der Waals surface area contributed by atoms with Crippen molar-refractivity contribution in [1.82, 2.24) is 6.61 Å². The minimum atomic E-state index is -1.20. The van der Waals surface area contributed by atoms with Crippen molar-refractivity contribution in [2.45, 2.75) is 13.8 Å². The minimum absolute atomic E-state index is 0. The second kappa shape index (κ2) is 16.2. The summed E-state index contributed by atoms with van der Waals surface area (Å²) in [5.74, 6) is 0. The average molecular weight is 705 g/mol. The molecule has 0 saturated heterocycles. The molecule has 6 aromatic rings. The zero-order valence-electron chi connectivity index (χ0n) is 22.6. The van der Waals surface area contributed by atoms with Gasteiger partial charge in [0.25, 0.3) is 0 Å². The summed E-state index contributed by atoms with van der Waals surface area (Å²) in [5, 5.41) is 5.37. The van der Waals surface area contributed by atoms with Crippen LogP contribution in [0.15, 0.2) is 121 Å². The van der Waals surface area contributed by atoms with Crippen LogP contribution in [-0.2, 0) is 35.8 Å². The number of amides is 2. The molecule has 6 rings (SSSR count). The maximum Gasteiger partial charge on any atom is 2.00 e. The first kappa shape index (κ1) is 31.3. The Balaban J connectivity index is 0.000000177. The van der Waals surface area contributed by atoms with E-state index in [0.29, 0.717) is 12.8 Å². The van der Waals surface area contributed by atoms with Crippen LogP contribution in [0.3, 0.4) is 0 Å². The molecule has 0 unspecified atom stereocenters. The van der Waals surface area contributed by atoms with Crippen LogP contribution >= 0.6 is 0 Å². The van der Waals surface area contributed by atoms with Crippen LogP contribution in [0.2, 0.25) is 0 Å². The third-order valence-electron chi connectivity index (χ3n) is 6.26. The Bertz CT molecular complexity index is 1520. The van der Waals surface area contributed by atoms with Gasteiger partial charge in [0.2, 0.25) is 0 Å². The predicted molar refractivity (Wildman–Crippen MR) is 164 cm³/mol. The predicted octanol–water partition coefficient (Wildman–Crippen LogP) is 7.08. The molecular formula is C34H30InN2O2Zr. The van der Waals surface area contributed by atoms with E-state index in [1.807, 2.05) is 0 Å². The van der Waals surface area contributed by atoms with Gasteiger partial charge in [-0.1, -0.05) is 97.8 Å². The van der Waals surface area contributed by atoms with Gasteiger partial charge in [-0.2, -0.15) is 12.1 Å². The second-order valence-corrected chi connectivity index (χ2v) is 11.9. The van der Waals surface area contributed by atoms with E-state index in [0.717, 1.165) is 0 Å². The van der Waals surface area contributed by atoms with Crippen LogP contribution < -0.4 is 6.61 Å². The Hall–Kier alpha value is -3.21. The molecule has 0 bridgehead atoms. The zero-order valence-corrected chi connectivity index (χ0v) is 28.3. The van der Waals surface area contributed by atoms with Gasteiger partial charge in [-0.05, 0) is 11.1 Å². The zero-order chi connectivity index (χ0) is 27.5. The van der Waals surface area contributed by atoms with Crippen molar-refractivity contribution in [1.29, 1.82) is 0 Å². The van der Waals surface area contributed by atoms with Crippen molar-refractivity contribution < 1.29 is 35.8 Å². The van der Waals surface area contributed by atoms with Crippen molar-refractivity contribution in [2.24, 2.45) is 0 Å². The van der Waals surface area contributed by atoms with Crippen LogP contribution in [0.1, 0.15) is 11.1 Å². The van der Waals surface area contributed by atoms with E-state index in [4.69, 9.17) is 0 Å². The van der Waals surface area contributed by atoms with E-state index in [1.54, 1.807) is 0 Å². The molecule has 2 amide bonds. The fourth-order valence-electron chi connectivity index (χ4n) is 4.62. The quantitative estimate of drug-likeness (QED) is 0.111. The fourth-order valence-corrected chi connectivity index (χ4v) is 5.29. The van der Waals surface area contributed by atoms with Crippen molar-refractivity contribution in [3.05, 3.63) is 132 Å². The Morgan fingerprint density at radius 3 is 1.35 bits per heavy atom. The minimum Gasteiger partial charge on any atom is 2.00 e. The van der Waals surface area contributed by atoms with Gasteiger partial charge in [-0.3, -0.25) is 0 Å². The summed E-state index contributed by atoms with van der Waals surface area (Å²) in [6.07, 6.45) is 1.19. The molecule has 1 radical (unpaired) electrons. The first-order chi connectivity index (χ1) is 19.1. The van der Waals surface area contributed by atoms with Crippen LogP contribution in [-0.4, -0.2) is 36.3 Å². The molecule has 0 aliphatic carbocycles. The van der Waals surface area contributed by atoms with Gasteiger partial charge in [0.1, 0.15) is 0 Å². The van der Waals surface area contributed by atoms with E-state index >= 15 is 0 Å². The molecule has 0 saturated carbocycles. The van der Waals surface area contributed by atoms with E-state index in [9.17, 15) is 9.59 Å². The standard InChI is InChI=1S/2C16H13.2CH3NO.In.Zr/c2*1-12-10-14-8-5-9-15(16(14)11-12)13-6-3-2-4-7-13;2*2-1-3;;/h2*2-11H,1H3;2*1H,(H2,2,3);;/q2*-1;;;2*+2/p-2. The van der Waals surface area contributed by atoms with E-state index in [-0.39, 0.29) is 26.2 Å². The maximum atomic E-state index is 9.46. The smallest absolute Gasteiger partial charge is 2.00 e. The third-order valence-corrected chi connectivity index (χ3v) is 7.99. The molecule has 0 aromatic heterocycles. The number of nitrogens with one attached hydrogen (secondary N) is 2. The van der Waals surface area contributed by atoms with Crippen molar-refractivity contribution in [2.75, 3.05) is 0 Å². The van der Waals surface area contributed by atoms with Gasteiger partial charge < -0.3 is 0 Å². The molecule has 6 aromatic carbocycles. The third kappa shape index (κ3) is 8.40.